The molecule has 2 fully saturated rings. The van der Waals surface area contributed by atoms with E-state index in [1.54, 1.807) is 0 Å². The number of nitrogens with two attached hydrogens (primary N) is 1. The first kappa shape index (κ1) is 16.1. The van der Waals surface area contributed by atoms with Crippen LogP contribution in [0.2, 0.25) is 0 Å². The summed E-state index contributed by atoms with van der Waals surface area (Å²) in [4.78, 5) is 4.69. The Morgan fingerprint density at radius 1 is 1.20 bits per heavy atom. The van der Waals surface area contributed by atoms with E-state index in [0.29, 0.717) is 19.1 Å². The van der Waals surface area contributed by atoms with E-state index < -0.39 is 10.2 Å². The zero-order valence-electron chi connectivity index (χ0n) is 12.4. The zero-order valence-corrected chi connectivity index (χ0v) is 13.2. The summed E-state index contributed by atoms with van der Waals surface area (Å²) >= 11 is 0. The maximum Gasteiger partial charge on any atom is 0.276 e. The summed E-state index contributed by atoms with van der Waals surface area (Å²) in [5.74, 6) is 0. The molecule has 0 aromatic heterocycles. The van der Waals surface area contributed by atoms with Crippen molar-refractivity contribution >= 4 is 10.2 Å². The van der Waals surface area contributed by atoms with Gasteiger partial charge in [0.05, 0.1) is 12.7 Å². The summed E-state index contributed by atoms with van der Waals surface area (Å²) in [5.41, 5.74) is 0. The SMILES string of the molecule is CC(C)N1CCOC(CN2CCN(S(N)(=O)=O)CC2)C1. The Labute approximate surface area is 121 Å². The van der Waals surface area contributed by atoms with Crippen LogP contribution in [0.5, 0.6) is 0 Å². The van der Waals surface area contributed by atoms with E-state index in [1.165, 1.54) is 4.31 Å². The molecule has 0 spiro atoms. The number of nitrogens with zero attached hydrogens (tertiary/aromatic N) is 3. The van der Waals surface area contributed by atoms with Gasteiger partial charge in [-0.3, -0.25) is 9.80 Å². The van der Waals surface area contributed by atoms with Crippen LogP contribution in [0.4, 0.5) is 0 Å². The summed E-state index contributed by atoms with van der Waals surface area (Å²) in [6.07, 6.45) is 0.215. The van der Waals surface area contributed by atoms with Crippen LogP contribution in [-0.2, 0) is 14.9 Å². The van der Waals surface area contributed by atoms with Crippen molar-refractivity contribution in [1.82, 2.24) is 14.1 Å². The Morgan fingerprint density at radius 3 is 2.40 bits per heavy atom. The fourth-order valence-corrected chi connectivity index (χ4v) is 3.45. The molecule has 20 heavy (non-hydrogen) atoms. The molecule has 0 aliphatic carbocycles. The highest BCUT2D eigenvalue weighted by Crippen LogP contribution is 2.12. The first-order valence-electron chi connectivity index (χ1n) is 7.22. The van der Waals surface area contributed by atoms with Gasteiger partial charge in [0.15, 0.2) is 0 Å². The third kappa shape index (κ3) is 4.37. The van der Waals surface area contributed by atoms with Crippen molar-refractivity contribution in [1.29, 1.82) is 0 Å². The molecule has 2 aliphatic rings. The second-order valence-corrected chi connectivity index (χ2v) is 7.37. The van der Waals surface area contributed by atoms with Gasteiger partial charge in [-0.25, -0.2) is 5.14 Å². The van der Waals surface area contributed by atoms with Crippen LogP contribution >= 0.6 is 0 Å². The normalized spacial score (nSPS) is 28.1. The molecule has 118 valence electrons. The van der Waals surface area contributed by atoms with E-state index in [0.717, 1.165) is 39.3 Å². The lowest BCUT2D eigenvalue weighted by molar-refractivity contribution is -0.0545. The predicted octanol–water partition coefficient (Wildman–Crippen LogP) is -1.08. The molecule has 0 amide bonds. The summed E-state index contributed by atoms with van der Waals surface area (Å²) in [5, 5.41) is 5.14. The molecule has 0 bridgehead atoms. The van der Waals surface area contributed by atoms with Gasteiger partial charge in [0.1, 0.15) is 0 Å². The fourth-order valence-electron chi connectivity index (χ4n) is 2.78. The Morgan fingerprint density at radius 2 is 1.85 bits per heavy atom. The molecule has 0 radical (unpaired) electrons. The lowest BCUT2D eigenvalue weighted by Gasteiger charge is -2.39. The van der Waals surface area contributed by atoms with Crippen molar-refractivity contribution in [3.05, 3.63) is 0 Å². The van der Waals surface area contributed by atoms with Crippen molar-refractivity contribution in [2.45, 2.75) is 26.0 Å². The maximum absolute atomic E-state index is 11.3. The number of piperazine rings is 1. The van der Waals surface area contributed by atoms with Gasteiger partial charge in [-0.2, -0.15) is 12.7 Å². The molecule has 2 heterocycles. The average molecular weight is 306 g/mol. The molecule has 2 saturated heterocycles. The highest BCUT2D eigenvalue weighted by molar-refractivity contribution is 7.86. The van der Waals surface area contributed by atoms with Gasteiger partial charge in [0, 0.05) is 51.9 Å². The molecular formula is C12H26N4O3S. The Balaban J connectivity index is 1.78. The molecule has 7 nitrogen and oxygen atoms in total. The summed E-state index contributed by atoms with van der Waals surface area (Å²) in [6, 6.07) is 0.542. The van der Waals surface area contributed by atoms with Crippen LogP contribution in [0.3, 0.4) is 0 Å². The number of hydrogen-bond acceptors (Lipinski definition) is 5. The smallest absolute Gasteiger partial charge is 0.276 e. The van der Waals surface area contributed by atoms with Crippen LogP contribution in [-0.4, -0.2) is 87.1 Å². The first-order chi connectivity index (χ1) is 9.36. The van der Waals surface area contributed by atoms with Gasteiger partial charge in [-0.05, 0) is 13.8 Å². The van der Waals surface area contributed by atoms with Crippen LogP contribution in [0.25, 0.3) is 0 Å². The van der Waals surface area contributed by atoms with Crippen molar-refractivity contribution < 1.29 is 13.2 Å². The van der Waals surface area contributed by atoms with E-state index in [9.17, 15) is 8.42 Å². The minimum Gasteiger partial charge on any atom is -0.374 e. The minimum absolute atomic E-state index is 0.215. The average Bonchev–Trinajstić information content (AvgIpc) is 2.38. The van der Waals surface area contributed by atoms with Crippen LogP contribution in [0.1, 0.15) is 13.8 Å². The molecular weight excluding hydrogens is 280 g/mol. The molecule has 2 rings (SSSR count). The minimum atomic E-state index is -3.54. The molecule has 1 unspecified atom stereocenters. The third-order valence-electron chi connectivity index (χ3n) is 4.05. The van der Waals surface area contributed by atoms with Crippen molar-refractivity contribution in [2.75, 3.05) is 52.4 Å². The number of morpholine rings is 1. The van der Waals surface area contributed by atoms with Gasteiger partial charge < -0.3 is 4.74 Å². The quantitative estimate of drug-likeness (QED) is 0.714. The van der Waals surface area contributed by atoms with E-state index >= 15 is 0 Å². The molecule has 1 atom stereocenters. The summed E-state index contributed by atoms with van der Waals surface area (Å²) in [7, 11) is -3.54. The lowest BCUT2D eigenvalue weighted by Crippen LogP contribution is -2.55. The second kappa shape index (κ2) is 6.67. The highest BCUT2D eigenvalue weighted by Gasteiger charge is 2.28. The molecule has 0 saturated carbocycles. The standard InChI is InChI=1S/C12H26N4O3S/c1-11(2)15-7-8-19-12(10-15)9-14-3-5-16(6-4-14)20(13,17)18/h11-12H,3-10H2,1-2H3,(H2,13,17,18). The van der Waals surface area contributed by atoms with E-state index in [-0.39, 0.29) is 6.10 Å². The molecule has 2 aliphatic heterocycles. The molecule has 0 aromatic carbocycles. The summed E-state index contributed by atoms with van der Waals surface area (Å²) in [6.45, 7) is 10.4. The van der Waals surface area contributed by atoms with E-state index in [4.69, 9.17) is 9.88 Å². The number of hydrogen-bond donors (Lipinski definition) is 1. The Kier molecular flexibility index (Phi) is 5.38. The van der Waals surface area contributed by atoms with Gasteiger partial charge in [-0.1, -0.05) is 0 Å². The topological polar surface area (TPSA) is 79.1 Å². The summed E-state index contributed by atoms with van der Waals surface area (Å²) < 4.78 is 29.7. The maximum atomic E-state index is 11.3. The van der Waals surface area contributed by atoms with E-state index in [1.807, 2.05) is 0 Å². The van der Waals surface area contributed by atoms with Crippen LogP contribution in [0.15, 0.2) is 0 Å². The van der Waals surface area contributed by atoms with Gasteiger partial charge in [0.2, 0.25) is 0 Å². The largest absolute Gasteiger partial charge is 0.374 e. The van der Waals surface area contributed by atoms with E-state index in [2.05, 4.69) is 23.6 Å². The molecule has 0 aromatic rings. The van der Waals surface area contributed by atoms with Crippen molar-refractivity contribution in [2.24, 2.45) is 5.14 Å². The van der Waals surface area contributed by atoms with Crippen LogP contribution in [0, 0.1) is 0 Å². The molecule has 2 N–H and O–H groups in total. The van der Waals surface area contributed by atoms with Crippen LogP contribution < -0.4 is 5.14 Å². The fraction of sp³-hybridized carbons (Fsp3) is 1.00. The predicted molar refractivity (Wildman–Crippen MR) is 77.6 cm³/mol. The lowest BCUT2D eigenvalue weighted by atomic mass is 10.2. The first-order valence-corrected chi connectivity index (χ1v) is 8.72. The Bertz CT molecular complexity index is 407. The number of ether oxygens (including phenoxy) is 1. The van der Waals surface area contributed by atoms with Crippen molar-refractivity contribution in [3.8, 4) is 0 Å². The highest BCUT2D eigenvalue weighted by atomic mass is 32.2. The number of rotatable bonds is 4. The molecule has 8 heteroatoms. The van der Waals surface area contributed by atoms with Gasteiger partial charge in [-0.15, -0.1) is 0 Å². The van der Waals surface area contributed by atoms with Crippen molar-refractivity contribution in [3.63, 3.8) is 0 Å². The van der Waals surface area contributed by atoms with Gasteiger partial charge in [0.25, 0.3) is 10.2 Å². The second-order valence-electron chi connectivity index (χ2n) is 5.83. The monoisotopic (exact) mass is 306 g/mol. The zero-order chi connectivity index (χ0) is 14.8. The Hall–Kier alpha value is -0.250. The van der Waals surface area contributed by atoms with Gasteiger partial charge >= 0.3 is 0 Å². The third-order valence-corrected chi connectivity index (χ3v) is 5.14.